The maximum atomic E-state index is 12.1. The molecule has 0 aliphatic heterocycles. The second-order valence-corrected chi connectivity index (χ2v) is 5.16. The Morgan fingerprint density at radius 1 is 1.24 bits per heavy atom. The summed E-state index contributed by atoms with van der Waals surface area (Å²) in [6.07, 6.45) is 0.274. The summed E-state index contributed by atoms with van der Waals surface area (Å²) in [6.45, 7) is 3.78. The van der Waals surface area contributed by atoms with Gasteiger partial charge in [-0.25, -0.2) is 0 Å². The fraction of sp³-hybridized carbons (Fsp3) is 0.235. The SMILES string of the molecule is CCc1ccccc1O[C@H](C)C(=O)Nc1cccc(Cl)c1. The van der Waals surface area contributed by atoms with Gasteiger partial charge in [-0.15, -0.1) is 0 Å². The highest BCUT2D eigenvalue weighted by atomic mass is 35.5. The molecular weight excluding hydrogens is 286 g/mol. The molecule has 0 aliphatic rings. The third-order valence-electron chi connectivity index (χ3n) is 3.12. The molecule has 1 amide bonds. The van der Waals surface area contributed by atoms with Crippen molar-refractivity contribution in [2.45, 2.75) is 26.4 Å². The summed E-state index contributed by atoms with van der Waals surface area (Å²) >= 11 is 5.89. The van der Waals surface area contributed by atoms with Gasteiger partial charge in [0.25, 0.3) is 5.91 Å². The van der Waals surface area contributed by atoms with E-state index in [1.54, 1.807) is 31.2 Å². The van der Waals surface area contributed by atoms with Crippen LogP contribution >= 0.6 is 11.6 Å². The first-order chi connectivity index (χ1) is 10.1. The minimum atomic E-state index is -0.586. The van der Waals surface area contributed by atoms with Crippen molar-refractivity contribution in [2.75, 3.05) is 5.32 Å². The molecule has 0 aliphatic carbocycles. The van der Waals surface area contributed by atoms with E-state index in [1.165, 1.54) is 0 Å². The lowest BCUT2D eigenvalue weighted by molar-refractivity contribution is -0.122. The van der Waals surface area contributed by atoms with Crippen LogP contribution in [0, 0.1) is 0 Å². The molecule has 21 heavy (non-hydrogen) atoms. The summed E-state index contributed by atoms with van der Waals surface area (Å²) in [5, 5.41) is 3.37. The Bertz CT molecular complexity index is 628. The zero-order valence-corrected chi connectivity index (χ0v) is 12.9. The average Bonchev–Trinajstić information content (AvgIpc) is 2.47. The molecule has 0 fully saturated rings. The zero-order chi connectivity index (χ0) is 15.2. The number of hydrogen-bond donors (Lipinski definition) is 1. The normalized spacial score (nSPS) is 11.8. The van der Waals surface area contributed by atoms with Crippen molar-refractivity contribution in [3.63, 3.8) is 0 Å². The maximum absolute atomic E-state index is 12.1. The van der Waals surface area contributed by atoms with Gasteiger partial charge in [-0.1, -0.05) is 42.8 Å². The molecular formula is C17H18ClNO2. The van der Waals surface area contributed by atoms with Crippen molar-refractivity contribution >= 4 is 23.2 Å². The van der Waals surface area contributed by atoms with Crippen LogP contribution in [0.4, 0.5) is 5.69 Å². The second kappa shape index (κ2) is 7.14. The van der Waals surface area contributed by atoms with Crippen LogP contribution in [0.3, 0.4) is 0 Å². The number of ether oxygens (including phenoxy) is 1. The van der Waals surface area contributed by atoms with Gasteiger partial charge in [0, 0.05) is 10.7 Å². The number of aryl methyl sites for hydroxylation is 1. The smallest absolute Gasteiger partial charge is 0.265 e. The number of rotatable bonds is 5. The largest absolute Gasteiger partial charge is 0.481 e. The maximum Gasteiger partial charge on any atom is 0.265 e. The van der Waals surface area contributed by atoms with E-state index < -0.39 is 6.10 Å². The first-order valence-corrected chi connectivity index (χ1v) is 7.29. The van der Waals surface area contributed by atoms with Crippen molar-refractivity contribution < 1.29 is 9.53 Å². The summed E-state index contributed by atoms with van der Waals surface area (Å²) in [5.41, 5.74) is 1.74. The third-order valence-corrected chi connectivity index (χ3v) is 3.35. The standard InChI is InChI=1S/C17H18ClNO2/c1-3-13-7-4-5-10-16(13)21-12(2)17(20)19-15-9-6-8-14(18)11-15/h4-12H,3H2,1-2H3,(H,19,20)/t12-/m1/s1. The predicted molar refractivity (Wildman–Crippen MR) is 86.0 cm³/mol. The third kappa shape index (κ3) is 4.23. The average molecular weight is 304 g/mol. The molecule has 0 radical (unpaired) electrons. The fourth-order valence-electron chi connectivity index (χ4n) is 1.96. The Hall–Kier alpha value is -2.00. The van der Waals surface area contributed by atoms with Crippen molar-refractivity contribution in [1.82, 2.24) is 0 Å². The number of hydrogen-bond acceptors (Lipinski definition) is 2. The van der Waals surface area contributed by atoms with E-state index in [0.29, 0.717) is 10.7 Å². The first kappa shape index (κ1) is 15.4. The zero-order valence-electron chi connectivity index (χ0n) is 12.1. The van der Waals surface area contributed by atoms with E-state index in [9.17, 15) is 4.79 Å². The first-order valence-electron chi connectivity index (χ1n) is 6.91. The minimum absolute atomic E-state index is 0.205. The van der Waals surface area contributed by atoms with Crippen LogP contribution in [0.25, 0.3) is 0 Å². The number of nitrogens with one attached hydrogen (secondary N) is 1. The lowest BCUT2D eigenvalue weighted by Gasteiger charge is -2.17. The number of carbonyl (C=O) groups is 1. The molecule has 0 bridgehead atoms. The summed E-state index contributed by atoms with van der Waals surface area (Å²) < 4.78 is 5.76. The van der Waals surface area contributed by atoms with Crippen molar-refractivity contribution in [3.8, 4) is 5.75 Å². The van der Waals surface area contributed by atoms with E-state index in [-0.39, 0.29) is 5.91 Å². The van der Waals surface area contributed by atoms with E-state index in [0.717, 1.165) is 17.7 Å². The lowest BCUT2D eigenvalue weighted by atomic mass is 10.1. The molecule has 1 atom stereocenters. The van der Waals surface area contributed by atoms with Gasteiger partial charge in [-0.05, 0) is 43.2 Å². The molecule has 0 unspecified atom stereocenters. The highest BCUT2D eigenvalue weighted by Gasteiger charge is 2.16. The van der Waals surface area contributed by atoms with Crippen LogP contribution in [0.15, 0.2) is 48.5 Å². The van der Waals surface area contributed by atoms with Gasteiger partial charge in [0.15, 0.2) is 6.10 Å². The number of halogens is 1. The Morgan fingerprint density at radius 2 is 2.00 bits per heavy atom. The van der Waals surface area contributed by atoms with E-state index in [4.69, 9.17) is 16.3 Å². The number of para-hydroxylation sites is 1. The van der Waals surface area contributed by atoms with Gasteiger partial charge in [-0.2, -0.15) is 0 Å². The molecule has 4 heteroatoms. The summed E-state index contributed by atoms with van der Waals surface area (Å²) in [5.74, 6) is 0.539. The topological polar surface area (TPSA) is 38.3 Å². The molecule has 2 aromatic rings. The van der Waals surface area contributed by atoms with Gasteiger partial charge in [-0.3, -0.25) is 4.79 Å². The molecule has 0 heterocycles. The van der Waals surface area contributed by atoms with Crippen LogP contribution in [0.5, 0.6) is 5.75 Å². The predicted octanol–water partition coefficient (Wildman–Crippen LogP) is 4.31. The number of carbonyl (C=O) groups excluding carboxylic acids is 1. The van der Waals surface area contributed by atoms with Gasteiger partial charge in [0.05, 0.1) is 0 Å². The monoisotopic (exact) mass is 303 g/mol. The fourth-order valence-corrected chi connectivity index (χ4v) is 2.16. The molecule has 2 rings (SSSR count). The summed E-state index contributed by atoms with van der Waals surface area (Å²) in [7, 11) is 0. The molecule has 1 N–H and O–H groups in total. The summed E-state index contributed by atoms with van der Waals surface area (Å²) in [6, 6.07) is 14.8. The van der Waals surface area contributed by atoms with E-state index in [1.807, 2.05) is 24.3 Å². The van der Waals surface area contributed by atoms with Crippen molar-refractivity contribution in [1.29, 1.82) is 0 Å². The quantitative estimate of drug-likeness (QED) is 0.894. The van der Waals surface area contributed by atoms with Crippen LogP contribution < -0.4 is 10.1 Å². The molecule has 2 aromatic carbocycles. The van der Waals surface area contributed by atoms with Crippen LogP contribution in [0.2, 0.25) is 5.02 Å². The minimum Gasteiger partial charge on any atom is -0.481 e. The molecule has 0 saturated heterocycles. The number of anilines is 1. The molecule has 0 saturated carbocycles. The second-order valence-electron chi connectivity index (χ2n) is 4.72. The lowest BCUT2D eigenvalue weighted by Crippen LogP contribution is -2.30. The van der Waals surface area contributed by atoms with Crippen molar-refractivity contribution in [2.24, 2.45) is 0 Å². The van der Waals surface area contributed by atoms with Gasteiger partial charge in [0.1, 0.15) is 5.75 Å². The molecule has 110 valence electrons. The van der Waals surface area contributed by atoms with Crippen LogP contribution in [-0.2, 0) is 11.2 Å². The highest BCUT2D eigenvalue weighted by molar-refractivity contribution is 6.30. The molecule has 0 aromatic heterocycles. The summed E-state index contributed by atoms with van der Waals surface area (Å²) in [4.78, 5) is 12.1. The van der Waals surface area contributed by atoms with E-state index >= 15 is 0 Å². The Morgan fingerprint density at radius 3 is 2.71 bits per heavy atom. The van der Waals surface area contributed by atoms with Crippen molar-refractivity contribution in [3.05, 3.63) is 59.1 Å². The van der Waals surface area contributed by atoms with E-state index in [2.05, 4.69) is 12.2 Å². The highest BCUT2D eigenvalue weighted by Crippen LogP contribution is 2.20. The molecule has 3 nitrogen and oxygen atoms in total. The Balaban J connectivity index is 2.02. The Kier molecular flexibility index (Phi) is 5.23. The van der Waals surface area contributed by atoms with Gasteiger partial charge < -0.3 is 10.1 Å². The van der Waals surface area contributed by atoms with Gasteiger partial charge in [0.2, 0.25) is 0 Å². The van der Waals surface area contributed by atoms with Crippen LogP contribution in [-0.4, -0.2) is 12.0 Å². The number of benzene rings is 2. The van der Waals surface area contributed by atoms with Crippen LogP contribution in [0.1, 0.15) is 19.4 Å². The Labute approximate surface area is 129 Å². The number of amides is 1. The molecule has 0 spiro atoms. The van der Waals surface area contributed by atoms with Gasteiger partial charge >= 0.3 is 0 Å².